The first-order valence-electron chi connectivity index (χ1n) is 12.2. The Morgan fingerprint density at radius 2 is 1.58 bits per heavy atom. The number of ether oxygens (including phenoxy) is 2. The Morgan fingerprint density at radius 3 is 2.42 bits per heavy atom. The van der Waals surface area contributed by atoms with Gasteiger partial charge in [-0.3, -0.25) is 0 Å². The van der Waals surface area contributed by atoms with Gasteiger partial charge in [0.15, 0.2) is 6.10 Å². The molecule has 7 nitrogen and oxygen atoms in total. The molecule has 0 fully saturated rings. The molecule has 0 bridgehead atoms. The molecule has 2 heterocycles. The van der Waals surface area contributed by atoms with Crippen molar-refractivity contribution in [1.29, 1.82) is 0 Å². The summed E-state index contributed by atoms with van der Waals surface area (Å²) < 4.78 is 16.9. The lowest BCUT2D eigenvalue weighted by atomic mass is 10.0. The van der Waals surface area contributed by atoms with Crippen molar-refractivity contribution >= 4 is 27.6 Å². The van der Waals surface area contributed by atoms with E-state index in [0.29, 0.717) is 28.1 Å². The third-order valence-electron chi connectivity index (χ3n) is 6.37. The number of benzene rings is 4. The van der Waals surface area contributed by atoms with Crippen LogP contribution in [-0.2, 0) is 4.74 Å². The normalized spacial score (nSPS) is 11.9. The number of rotatable bonds is 6. The van der Waals surface area contributed by atoms with Gasteiger partial charge in [-0.05, 0) is 60.2 Å². The summed E-state index contributed by atoms with van der Waals surface area (Å²) in [5.41, 5.74) is 3.46. The molecule has 6 aromatic rings. The minimum absolute atomic E-state index is 0.223. The quantitative estimate of drug-likeness (QED) is 0.226. The van der Waals surface area contributed by atoms with Gasteiger partial charge in [-0.1, -0.05) is 54.6 Å². The highest BCUT2D eigenvalue weighted by atomic mass is 16.6. The monoisotopic (exact) mass is 501 g/mol. The Kier molecular flexibility index (Phi) is 6.01. The van der Waals surface area contributed by atoms with Gasteiger partial charge in [0.1, 0.15) is 5.75 Å². The fraction of sp³-hybridized carbons (Fsp3) is 0.0968. The Hall–Kier alpha value is -5.04. The summed E-state index contributed by atoms with van der Waals surface area (Å²) in [4.78, 5) is 18.3. The van der Waals surface area contributed by atoms with Crippen LogP contribution >= 0.6 is 0 Å². The van der Waals surface area contributed by atoms with Gasteiger partial charge >= 0.3 is 5.97 Å². The molecular weight excluding hydrogens is 478 g/mol. The largest absolute Gasteiger partial charge is 0.497 e. The summed E-state index contributed by atoms with van der Waals surface area (Å²) in [6, 6.07) is 30.7. The number of nitrogens with zero attached hydrogens (tertiary/aromatic N) is 3. The van der Waals surface area contributed by atoms with Crippen LogP contribution in [0.15, 0.2) is 101 Å². The molecule has 0 spiro atoms. The maximum atomic E-state index is 13.4. The molecule has 1 unspecified atom stereocenters. The van der Waals surface area contributed by atoms with Gasteiger partial charge < -0.3 is 13.9 Å². The highest BCUT2D eigenvalue weighted by molar-refractivity contribution is 6.05. The molecule has 38 heavy (non-hydrogen) atoms. The second kappa shape index (κ2) is 9.78. The summed E-state index contributed by atoms with van der Waals surface area (Å²) >= 11 is 0. The predicted octanol–water partition coefficient (Wildman–Crippen LogP) is 7.03. The molecule has 6 rings (SSSR count). The maximum Gasteiger partial charge on any atom is 0.339 e. The van der Waals surface area contributed by atoms with Crippen molar-refractivity contribution in [2.24, 2.45) is 0 Å². The van der Waals surface area contributed by atoms with Crippen molar-refractivity contribution in [3.8, 4) is 28.5 Å². The molecule has 2 aromatic heterocycles. The summed E-state index contributed by atoms with van der Waals surface area (Å²) in [6.45, 7) is 1.71. The molecule has 0 aliphatic rings. The van der Waals surface area contributed by atoms with Crippen LogP contribution in [0.2, 0.25) is 0 Å². The van der Waals surface area contributed by atoms with E-state index in [2.05, 4.69) is 10.2 Å². The number of methoxy groups -OCH3 is 1. The van der Waals surface area contributed by atoms with Gasteiger partial charge in [0, 0.05) is 16.5 Å². The van der Waals surface area contributed by atoms with E-state index in [9.17, 15) is 4.79 Å². The van der Waals surface area contributed by atoms with Gasteiger partial charge in [-0.25, -0.2) is 9.78 Å². The lowest BCUT2D eigenvalue weighted by molar-refractivity contribution is 0.0282. The van der Waals surface area contributed by atoms with Gasteiger partial charge in [0.2, 0.25) is 5.89 Å². The van der Waals surface area contributed by atoms with Crippen LogP contribution < -0.4 is 4.74 Å². The second-order valence-corrected chi connectivity index (χ2v) is 8.86. The zero-order chi connectivity index (χ0) is 26.1. The van der Waals surface area contributed by atoms with Crippen molar-refractivity contribution in [3.05, 3.63) is 109 Å². The van der Waals surface area contributed by atoms with E-state index in [0.717, 1.165) is 27.6 Å². The molecule has 1 atom stereocenters. The highest BCUT2D eigenvalue weighted by Gasteiger charge is 2.22. The third-order valence-corrected chi connectivity index (χ3v) is 6.37. The van der Waals surface area contributed by atoms with Crippen molar-refractivity contribution in [1.82, 2.24) is 15.2 Å². The van der Waals surface area contributed by atoms with Crippen molar-refractivity contribution in [3.63, 3.8) is 0 Å². The number of esters is 1. The van der Waals surface area contributed by atoms with Crippen LogP contribution in [0.5, 0.6) is 5.75 Å². The molecule has 0 aliphatic carbocycles. The van der Waals surface area contributed by atoms with E-state index in [-0.39, 0.29) is 5.89 Å². The van der Waals surface area contributed by atoms with Gasteiger partial charge in [-0.15, -0.1) is 10.2 Å². The van der Waals surface area contributed by atoms with Gasteiger partial charge in [-0.2, -0.15) is 0 Å². The van der Waals surface area contributed by atoms with E-state index in [4.69, 9.17) is 18.9 Å². The second-order valence-electron chi connectivity index (χ2n) is 8.86. The average molecular weight is 502 g/mol. The Labute approximate surface area is 218 Å². The standard InChI is InChI=1S/C31H23N3O4/c1-19(29-33-34-30(38-29)20-8-4-3-5-9-20)37-31(35)26-18-28(32-27-11-7-6-10-25(26)27)23-13-12-22-17-24(36-2)15-14-21(22)16-23/h3-19H,1-2H3. The van der Waals surface area contributed by atoms with E-state index in [1.807, 2.05) is 91.0 Å². The highest BCUT2D eigenvalue weighted by Crippen LogP contribution is 2.30. The number of hydrogen-bond acceptors (Lipinski definition) is 7. The third kappa shape index (κ3) is 4.46. The van der Waals surface area contributed by atoms with Crippen LogP contribution in [0.3, 0.4) is 0 Å². The van der Waals surface area contributed by atoms with Crippen LogP contribution in [0.1, 0.15) is 29.3 Å². The molecule has 4 aromatic carbocycles. The first-order valence-corrected chi connectivity index (χ1v) is 12.2. The number of carbonyl (C=O) groups is 1. The number of para-hydroxylation sites is 1. The number of carbonyl (C=O) groups excluding carboxylic acids is 1. The molecule has 0 saturated heterocycles. The lowest BCUT2D eigenvalue weighted by Gasteiger charge is -2.13. The number of pyridine rings is 1. The molecule has 186 valence electrons. The topological polar surface area (TPSA) is 87.3 Å². The summed E-state index contributed by atoms with van der Waals surface area (Å²) in [7, 11) is 1.65. The number of hydrogen-bond donors (Lipinski definition) is 0. The predicted molar refractivity (Wildman–Crippen MR) is 145 cm³/mol. The Balaban J connectivity index is 1.33. The van der Waals surface area contributed by atoms with Crippen LogP contribution in [0, 0.1) is 0 Å². The van der Waals surface area contributed by atoms with Crippen LogP contribution in [0.4, 0.5) is 0 Å². The van der Waals surface area contributed by atoms with Crippen molar-refractivity contribution in [2.45, 2.75) is 13.0 Å². The summed E-state index contributed by atoms with van der Waals surface area (Å²) in [5, 5.41) is 11.0. The minimum Gasteiger partial charge on any atom is -0.497 e. The molecule has 7 heteroatoms. The zero-order valence-electron chi connectivity index (χ0n) is 20.8. The Bertz CT molecular complexity index is 1780. The SMILES string of the molecule is COc1ccc2cc(-c3cc(C(=O)OC(C)c4nnc(-c5ccccc5)o4)c4ccccc4n3)ccc2c1. The molecular formula is C31H23N3O4. The zero-order valence-corrected chi connectivity index (χ0v) is 20.8. The molecule has 0 saturated carbocycles. The van der Waals surface area contributed by atoms with Crippen molar-refractivity contribution < 1.29 is 18.7 Å². The van der Waals surface area contributed by atoms with Gasteiger partial charge in [0.25, 0.3) is 5.89 Å². The molecule has 0 aliphatic heterocycles. The van der Waals surface area contributed by atoms with E-state index in [1.165, 1.54) is 0 Å². The van der Waals surface area contributed by atoms with E-state index >= 15 is 0 Å². The number of fused-ring (bicyclic) bond motifs is 2. The molecule has 0 N–H and O–H groups in total. The summed E-state index contributed by atoms with van der Waals surface area (Å²) in [6.07, 6.45) is -0.738. The average Bonchev–Trinajstić information content (AvgIpc) is 3.47. The smallest absolute Gasteiger partial charge is 0.339 e. The number of aromatic nitrogens is 3. The maximum absolute atomic E-state index is 13.4. The van der Waals surface area contributed by atoms with Crippen molar-refractivity contribution in [2.75, 3.05) is 7.11 Å². The van der Waals surface area contributed by atoms with E-state index in [1.54, 1.807) is 20.1 Å². The molecule has 0 amide bonds. The fourth-order valence-corrected chi connectivity index (χ4v) is 4.37. The first kappa shape index (κ1) is 23.4. The minimum atomic E-state index is -0.738. The summed E-state index contributed by atoms with van der Waals surface area (Å²) in [5.74, 6) is 0.891. The Morgan fingerprint density at radius 1 is 0.816 bits per heavy atom. The first-order chi connectivity index (χ1) is 18.6. The van der Waals surface area contributed by atoms with Crippen LogP contribution in [-0.4, -0.2) is 28.3 Å². The fourth-order valence-electron chi connectivity index (χ4n) is 4.37. The van der Waals surface area contributed by atoms with Gasteiger partial charge in [0.05, 0.1) is 23.9 Å². The molecule has 0 radical (unpaired) electrons. The lowest BCUT2D eigenvalue weighted by Crippen LogP contribution is -2.11. The van der Waals surface area contributed by atoms with Crippen LogP contribution in [0.25, 0.3) is 44.4 Å². The van der Waals surface area contributed by atoms with E-state index < -0.39 is 12.1 Å².